The van der Waals surface area contributed by atoms with E-state index < -0.39 is 0 Å². The van der Waals surface area contributed by atoms with Crippen LogP contribution in [-0.2, 0) is 0 Å². The Balaban J connectivity index is 2.46. The number of aryl methyl sites for hydroxylation is 1. The summed E-state index contributed by atoms with van der Waals surface area (Å²) in [4.78, 5) is 11.4. The van der Waals surface area contributed by atoms with Crippen molar-refractivity contribution in [2.75, 3.05) is 12.8 Å². The Morgan fingerprint density at radius 3 is 2.89 bits per heavy atom. The summed E-state index contributed by atoms with van der Waals surface area (Å²) in [6, 6.07) is 5.41. The second-order valence-electron chi connectivity index (χ2n) is 3.88. The number of nitrogens with two attached hydrogens (primary N) is 1. The van der Waals surface area contributed by atoms with Gasteiger partial charge in [-0.2, -0.15) is 5.10 Å². The molecule has 0 saturated heterocycles. The Kier molecular flexibility index (Phi) is 3.38. The van der Waals surface area contributed by atoms with Crippen LogP contribution >= 0.6 is 15.9 Å². The van der Waals surface area contributed by atoms with Crippen LogP contribution in [0.5, 0.6) is 0 Å². The first-order valence-electron chi connectivity index (χ1n) is 5.36. The van der Waals surface area contributed by atoms with E-state index in [1.165, 1.54) is 0 Å². The van der Waals surface area contributed by atoms with Gasteiger partial charge in [0.05, 0.1) is 5.69 Å². The summed E-state index contributed by atoms with van der Waals surface area (Å²) in [5, 5.41) is 6.75. The molecule has 0 fully saturated rings. The van der Waals surface area contributed by atoms with Crippen molar-refractivity contribution in [1.82, 2.24) is 15.1 Å². The zero-order valence-electron chi connectivity index (χ0n) is 10.1. The second kappa shape index (κ2) is 4.81. The van der Waals surface area contributed by atoms with E-state index in [0.717, 1.165) is 15.7 Å². The van der Waals surface area contributed by atoms with Crippen LogP contribution in [-0.4, -0.2) is 22.7 Å². The monoisotopic (exact) mass is 308 g/mol. The summed E-state index contributed by atoms with van der Waals surface area (Å²) in [5.41, 5.74) is 8.71. The number of nitrogen functional groups attached to an aromatic ring is 1. The van der Waals surface area contributed by atoms with E-state index in [-0.39, 0.29) is 5.91 Å². The Bertz CT molecular complexity index is 606. The Labute approximate surface area is 113 Å². The number of benzene rings is 1. The van der Waals surface area contributed by atoms with Gasteiger partial charge in [-0.05, 0) is 46.6 Å². The SMILES string of the molecule is CNC(=O)c1ccn(-c2cc(C)c(N)cc2Br)n1. The maximum atomic E-state index is 11.4. The molecule has 0 aliphatic rings. The van der Waals surface area contributed by atoms with Gasteiger partial charge in [-0.15, -0.1) is 0 Å². The molecule has 0 aliphatic carbocycles. The molecule has 0 aliphatic heterocycles. The molecule has 1 aromatic heterocycles. The minimum Gasteiger partial charge on any atom is -0.398 e. The maximum Gasteiger partial charge on any atom is 0.271 e. The number of hydrogen-bond acceptors (Lipinski definition) is 3. The van der Waals surface area contributed by atoms with E-state index >= 15 is 0 Å². The van der Waals surface area contributed by atoms with Crippen molar-refractivity contribution < 1.29 is 4.79 Å². The molecule has 5 nitrogen and oxygen atoms in total. The van der Waals surface area contributed by atoms with Crippen LogP contribution in [0.2, 0.25) is 0 Å². The van der Waals surface area contributed by atoms with Gasteiger partial charge in [0, 0.05) is 23.4 Å². The molecule has 1 heterocycles. The highest BCUT2D eigenvalue weighted by Crippen LogP contribution is 2.26. The summed E-state index contributed by atoms with van der Waals surface area (Å²) < 4.78 is 2.47. The van der Waals surface area contributed by atoms with Crippen LogP contribution in [0.1, 0.15) is 16.1 Å². The summed E-state index contributed by atoms with van der Waals surface area (Å²) in [6.07, 6.45) is 1.74. The van der Waals surface area contributed by atoms with Crippen LogP contribution in [0.4, 0.5) is 5.69 Å². The molecule has 3 N–H and O–H groups in total. The molecule has 0 bridgehead atoms. The number of nitrogens with one attached hydrogen (secondary N) is 1. The van der Waals surface area contributed by atoms with Crippen LogP contribution in [0.3, 0.4) is 0 Å². The van der Waals surface area contributed by atoms with Crippen molar-refractivity contribution in [3.8, 4) is 5.69 Å². The van der Waals surface area contributed by atoms with Crippen molar-refractivity contribution in [1.29, 1.82) is 0 Å². The first-order valence-corrected chi connectivity index (χ1v) is 6.16. The molecular formula is C12H13BrN4O. The first kappa shape index (κ1) is 12.6. The number of halogens is 1. The fraction of sp³-hybridized carbons (Fsp3) is 0.167. The number of carbonyl (C=O) groups is 1. The van der Waals surface area contributed by atoms with Gasteiger partial charge in [0.15, 0.2) is 5.69 Å². The molecule has 0 atom stereocenters. The maximum absolute atomic E-state index is 11.4. The number of anilines is 1. The lowest BCUT2D eigenvalue weighted by atomic mass is 10.2. The highest BCUT2D eigenvalue weighted by atomic mass is 79.9. The predicted molar refractivity (Wildman–Crippen MR) is 73.8 cm³/mol. The number of carbonyl (C=O) groups excluding carboxylic acids is 1. The zero-order valence-corrected chi connectivity index (χ0v) is 11.7. The van der Waals surface area contributed by atoms with Gasteiger partial charge in [0.2, 0.25) is 0 Å². The normalized spacial score (nSPS) is 10.4. The van der Waals surface area contributed by atoms with E-state index in [1.807, 2.05) is 19.1 Å². The van der Waals surface area contributed by atoms with Crippen molar-refractivity contribution in [3.05, 3.63) is 40.1 Å². The third kappa shape index (κ3) is 2.24. The number of hydrogen-bond donors (Lipinski definition) is 2. The van der Waals surface area contributed by atoms with Gasteiger partial charge in [-0.1, -0.05) is 0 Å². The lowest BCUT2D eigenvalue weighted by Gasteiger charge is -2.08. The topological polar surface area (TPSA) is 72.9 Å². The van der Waals surface area contributed by atoms with Crippen molar-refractivity contribution in [2.45, 2.75) is 6.92 Å². The van der Waals surface area contributed by atoms with Gasteiger partial charge >= 0.3 is 0 Å². The minimum atomic E-state index is -0.211. The smallest absolute Gasteiger partial charge is 0.271 e. The predicted octanol–water partition coefficient (Wildman–Crippen LogP) is 1.89. The highest BCUT2D eigenvalue weighted by molar-refractivity contribution is 9.10. The average Bonchev–Trinajstić information content (AvgIpc) is 2.82. The molecule has 6 heteroatoms. The molecular weight excluding hydrogens is 296 g/mol. The number of nitrogens with zero attached hydrogens (tertiary/aromatic N) is 2. The Morgan fingerprint density at radius 1 is 1.50 bits per heavy atom. The minimum absolute atomic E-state index is 0.211. The summed E-state index contributed by atoms with van der Waals surface area (Å²) >= 11 is 3.44. The molecule has 94 valence electrons. The number of rotatable bonds is 2. The van der Waals surface area contributed by atoms with Gasteiger partial charge in [0.1, 0.15) is 0 Å². The molecule has 0 spiro atoms. The van der Waals surface area contributed by atoms with Crippen LogP contribution in [0.15, 0.2) is 28.9 Å². The lowest BCUT2D eigenvalue weighted by Crippen LogP contribution is -2.18. The van der Waals surface area contributed by atoms with Gasteiger partial charge in [0.25, 0.3) is 5.91 Å². The van der Waals surface area contributed by atoms with Crippen molar-refractivity contribution >= 4 is 27.5 Å². The molecule has 1 aromatic carbocycles. The van der Waals surface area contributed by atoms with Crippen molar-refractivity contribution in [3.63, 3.8) is 0 Å². The molecule has 2 rings (SSSR count). The molecule has 18 heavy (non-hydrogen) atoms. The lowest BCUT2D eigenvalue weighted by molar-refractivity contribution is 0.0957. The summed E-state index contributed by atoms with van der Waals surface area (Å²) in [6.45, 7) is 1.93. The molecule has 0 saturated carbocycles. The third-order valence-electron chi connectivity index (χ3n) is 2.63. The van der Waals surface area contributed by atoms with E-state index in [1.54, 1.807) is 24.0 Å². The summed E-state index contributed by atoms with van der Waals surface area (Å²) in [7, 11) is 1.57. The van der Waals surface area contributed by atoms with Gasteiger partial charge in [-0.3, -0.25) is 4.79 Å². The molecule has 1 amide bonds. The standard InChI is InChI=1S/C12H13BrN4O/c1-7-5-11(8(13)6-9(7)14)17-4-3-10(16-17)12(18)15-2/h3-6H,14H2,1-2H3,(H,15,18). The van der Waals surface area contributed by atoms with E-state index in [0.29, 0.717) is 11.4 Å². The average molecular weight is 309 g/mol. The van der Waals surface area contributed by atoms with E-state index in [4.69, 9.17) is 5.73 Å². The quantitative estimate of drug-likeness (QED) is 0.832. The molecule has 0 unspecified atom stereocenters. The number of amides is 1. The molecule has 0 radical (unpaired) electrons. The van der Waals surface area contributed by atoms with E-state index in [9.17, 15) is 4.79 Å². The van der Waals surface area contributed by atoms with Crippen LogP contribution in [0.25, 0.3) is 5.69 Å². The zero-order chi connectivity index (χ0) is 13.3. The third-order valence-corrected chi connectivity index (χ3v) is 3.27. The summed E-state index contributed by atoms with van der Waals surface area (Å²) in [5.74, 6) is -0.211. The first-order chi connectivity index (χ1) is 8.52. The van der Waals surface area contributed by atoms with Crippen LogP contribution in [0, 0.1) is 6.92 Å². The van der Waals surface area contributed by atoms with Crippen LogP contribution < -0.4 is 11.1 Å². The Morgan fingerprint density at radius 2 is 2.22 bits per heavy atom. The fourth-order valence-corrected chi connectivity index (χ4v) is 2.11. The largest absolute Gasteiger partial charge is 0.398 e. The van der Waals surface area contributed by atoms with Crippen molar-refractivity contribution in [2.24, 2.45) is 0 Å². The van der Waals surface area contributed by atoms with Gasteiger partial charge < -0.3 is 11.1 Å². The highest BCUT2D eigenvalue weighted by Gasteiger charge is 2.11. The number of aromatic nitrogens is 2. The fourth-order valence-electron chi connectivity index (χ4n) is 1.56. The van der Waals surface area contributed by atoms with E-state index in [2.05, 4.69) is 26.3 Å². The molecule has 2 aromatic rings. The second-order valence-corrected chi connectivity index (χ2v) is 4.74. The Hall–Kier alpha value is -1.82. The van der Waals surface area contributed by atoms with Gasteiger partial charge in [-0.25, -0.2) is 4.68 Å².